The number of Topliss-reactive ketones (excluding diaryl/α,β-unsaturated/α-hetero) is 1. The standard InChI is InChI=1S/C14H9F3O3S/c15-10-3-1-2-9(6-10)13(18)8-21(19,20)14-5-4-11(16)7-12(14)17/h1-7H,8H2. The molecule has 0 amide bonds. The van der Waals surface area contributed by atoms with Crippen molar-refractivity contribution in [2.45, 2.75) is 4.90 Å². The van der Waals surface area contributed by atoms with Gasteiger partial charge in [-0.2, -0.15) is 0 Å². The van der Waals surface area contributed by atoms with Gasteiger partial charge in [0.1, 0.15) is 28.1 Å². The van der Waals surface area contributed by atoms with Crippen molar-refractivity contribution in [1.82, 2.24) is 0 Å². The Balaban J connectivity index is 2.31. The molecule has 0 heterocycles. The fourth-order valence-electron chi connectivity index (χ4n) is 1.72. The number of carbonyl (C=O) groups is 1. The van der Waals surface area contributed by atoms with Gasteiger partial charge in [-0.15, -0.1) is 0 Å². The van der Waals surface area contributed by atoms with E-state index < -0.39 is 43.7 Å². The molecule has 7 heteroatoms. The van der Waals surface area contributed by atoms with Crippen LogP contribution in [-0.2, 0) is 9.84 Å². The normalized spacial score (nSPS) is 11.4. The lowest BCUT2D eigenvalue weighted by Gasteiger charge is -2.05. The van der Waals surface area contributed by atoms with Gasteiger partial charge in [-0.25, -0.2) is 21.6 Å². The van der Waals surface area contributed by atoms with E-state index in [1.807, 2.05) is 0 Å². The highest BCUT2D eigenvalue weighted by molar-refractivity contribution is 7.92. The Morgan fingerprint density at radius 1 is 0.952 bits per heavy atom. The molecule has 3 nitrogen and oxygen atoms in total. The van der Waals surface area contributed by atoms with E-state index in [0.717, 1.165) is 24.3 Å². The molecule has 2 rings (SSSR count). The molecule has 0 N–H and O–H groups in total. The first-order valence-electron chi connectivity index (χ1n) is 5.76. The van der Waals surface area contributed by atoms with Crippen LogP contribution in [0.1, 0.15) is 10.4 Å². The molecule has 0 bridgehead atoms. The Hall–Kier alpha value is -2.15. The molecule has 2 aromatic rings. The summed E-state index contributed by atoms with van der Waals surface area (Å²) in [5.74, 6) is -4.80. The number of rotatable bonds is 4. The Labute approximate surface area is 119 Å². The van der Waals surface area contributed by atoms with E-state index in [-0.39, 0.29) is 5.56 Å². The van der Waals surface area contributed by atoms with E-state index in [2.05, 4.69) is 0 Å². The minimum atomic E-state index is -4.28. The highest BCUT2D eigenvalue weighted by Gasteiger charge is 2.24. The lowest BCUT2D eigenvalue weighted by atomic mass is 10.1. The van der Waals surface area contributed by atoms with E-state index in [0.29, 0.717) is 6.07 Å². The number of halogens is 3. The van der Waals surface area contributed by atoms with Crippen molar-refractivity contribution >= 4 is 15.6 Å². The summed E-state index contributed by atoms with van der Waals surface area (Å²) >= 11 is 0. The zero-order valence-corrected chi connectivity index (χ0v) is 11.3. The highest BCUT2D eigenvalue weighted by atomic mass is 32.2. The number of hydrogen-bond donors (Lipinski definition) is 0. The van der Waals surface area contributed by atoms with Crippen LogP contribution in [0.2, 0.25) is 0 Å². The molecule has 0 aliphatic carbocycles. The molecule has 0 unspecified atom stereocenters. The van der Waals surface area contributed by atoms with E-state index in [4.69, 9.17) is 0 Å². The molecule has 0 saturated heterocycles. The molecule has 0 saturated carbocycles. The topological polar surface area (TPSA) is 51.2 Å². The highest BCUT2D eigenvalue weighted by Crippen LogP contribution is 2.18. The SMILES string of the molecule is O=C(CS(=O)(=O)c1ccc(F)cc1F)c1cccc(F)c1. The van der Waals surface area contributed by atoms with Crippen LogP contribution in [0.5, 0.6) is 0 Å². The van der Waals surface area contributed by atoms with Crippen molar-refractivity contribution in [3.63, 3.8) is 0 Å². The van der Waals surface area contributed by atoms with Crippen LogP contribution < -0.4 is 0 Å². The van der Waals surface area contributed by atoms with Gasteiger partial charge in [-0.1, -0.05) is 12.1 Å². The quantitative estimate of drug-likeness (QED) is 0.644. The summed E-state index contributed by atoms with van der Waals surface area (Å²) in [6, 6.07) is 6.44. The maximum absolute atomic E-state index is 13.5. The summed E-state index contributed by atoms with van der Waals surface area (Å²) in [5, 5.41) is 0. The molecule has 0 fully saturated rings. The van der Waals surface area contributed by atoms with Gasteiger partial charge >= 0.3 is 0 Å². The summed E-state index contributed by atoms with van der Waals surface area (Å²) in [4.78, 5) is 11.1. The minimum Gasteiger partial charge on any atom is -0.293 e. The van der Waals surface area contributed by atoms with Crippen LogP contribution in [0.15, 0.2) is 47.4 Å². The zero-order chi connectivity index (χ0) is 15.6. The van der Waals surface area contributed by atoms with E-state index >= 15 is 0 Å². The fourth-order valence-corrected chi connectivity index (χ4v) is 3.02. The molecule has 0 spiro atoms. The molecule has 21 heavy (non-hydrogen) atoms. The summed E-state index contributed by atoms with van der Waals surface area (Å²) in [6.45, 7) is 0. The first kappa shape index (κ1) is 15.2. The molecule has 110 valence electrons. The Morgan fingerprint density at radius 3 is 2.24 bits per heavy atom. The molecule has 2 aromatic carbocycles. The molecule has 0 aliphatic rings. The second-order valence-corrected chi connectivity index (χ2v) is 6.23. The Morgan fingerprint density at radius 2 is 1.62 bits per heavy atom. The summed E-state index contributed by atoms with van der Waals surface area (Å²) in [5.41, 5.74) is -0.138. The van der Waals surface area contributed by atoms with Gasteiger partial charge in [0, 0.05) is 11.6 Å². The van der Waals surface area contributed by atoms with Gasteiger partial charge in [0.25, 0.3) is 0 Å². The zero-order valence-electron chi connectivity index (χ0n) is 10.5. The van der Waals surface area contributed by atoms with Gasteiger partial charge < -0.3 is 0 Å². The van der Waals surface area contributed by atoms with Gasteiger partial charge in [0.15, 0.2) is 15.6 Å². The van der Waals surface area contributed by atoms with Crippen LogP contribution in [0.25, 0.3) is 0 Å². The second kappa shape index (κ2) is 5.69. The summed E-state index contributed by atoms with van der Waals surface area (Å²) in [7, 11) is -4.28. The summed E-state index contributed by atoms with van der Waals surface area (Å²) in [6.07, 6.45) is 0. The van der Waals surface area contributed by atoms with E-state index in [1.54, 1.807) is 0 Å². The number of ketones is 1. The third kappa shape index (κ3) is 3.49. The van der Waals surface area contributed by atoms with Crippen LogP contribution in [0.3, 0.4) is 0 Å². The lowest BCUT2D eigenvalue weighted by Crippen LogP contribution is -2.17. The van der Waals surface area contributed by atoms with Crippen LogP contribution in [0, 0.1) is 17.5 Å². The predicted octanol–water partition coefficient (Wildman–Crippen LogP) is 2.76. The molecular weight excluding hydrogens is 305 g/mol. The number of sulfone groups is 1. The number of benzene rings is 2. The first-order chi connectivity index (χ1) is 9.79. The van der Waals surface area contributed by atoms with Crippen LogP contribution >= 0.6 is 0 Å². The maximum atomic E-state index is 13.5. The second-order valence-electron chi connectivity index (χ2n) is 4.27. The maximum Gasteiger partial charge on any atom is 0.188 e. The van der Waals surface area contributed by atoms with E-state index in [1.165, 1.54) is 12.1 Å². The number of carbonyl (C=O) groups excluding carboxylic acids is 1. The monoisotopic (exact) mass is 314 g/mol. The van der Waals surface area contributed by atoms with Crippen molar-refractivity contribution in [2.24, 2.45) is 0 Å². The van der Waals surface area contributed by atoms with Crippen molar-refractivity contribution in [3.8, 4) is 0 Å². The Bertz CT molecular complexity index is 801. The molecular formula is C14H9F3O3S. The van der Waals surface area contributed by atoms with Crippen LogP contribution in [-0.4, -0.2) is 20.0 Å². The molecule has 0 aromatic heterocycles. The fraction of sp³-hybridized carbons (Fsp3) is 0.0714. The molecule has 0 atom stereocenters. The third-order valence-electron chi connectivity index (χ3n) is 2.70. The summed E-state index contributed by atoms with van der Waals surface area (Å²) < 4.78 is 63.1. The van der Waals surface area contributed by atoms with Crippen molar-refractivity contribution in [1.29, 1.82) is 0 Å². The van der Waals surface area contributed by atoms with Crippen LogP contribution in [0.4, 0.5) is 13.2 Å². The first-order valence-corrected chi connectivity index (χ1v) is 7.41. The average Bonchev–Trinajstić information content (AvgIpc) is 2.37. The minimum absolute atomic E-state index is 0.138. The van der Waals surface area contributed by atoms with Crippen molar-refractivity contribution < 1.29 is 26.4 Å². The lowest BCUT2D eigenvalue weighted by molar-refractivity contribution is 0.102. The van der Waals surface area contributed by atoms with Gasteiger partial charge in [-0.3, -0.25) is 4.79 Å². The van der Waals surface area contributed by atoms with E-state index in [9.17, 15) is 26.4 Å². The molecule has 0 aliphatic heterocycles. The van der Waals surface area contributed by atoms with Gasteiger partial charge in [-0.05, 0) is 24.3 Å². The van der Waals surface area contributed by atoms with Crippen molar-refractivity contribution in [3.05, 3.63) is 65.5 Å². The average molecular weight is 314 g/mol. The third-order valence-corrected chi connectivity index (χ3v) is 4.34. The molecule has 0 radical (unpaired) electrons. The largest absolute Gasteiger partial charge is 0.293 e. The number of hydrogen-bond acceptors (Lipinski definition) is 3. The van der Waals surface area contributed by atoms with Crippen molar-refractivity contribution in [2.75, 3.05) is 5.75 Å². The van der Waals surface area contributed by atoms with Gasteiger partial charge in [0.2, 0.25) is 0 Å². The Kier molecular flexibility index (Phi) is 4.13. The smallest absolute Gasteiger partial charge is 0.188 e. The van der Waals surface area contributed by atoms with Gasteiger partial charge in [0.05, 0.1) is 0 Å². The predicted molar refractivity (Wildman–Crippen MR) is 69.1 cm³/mol.